The number of rotatable bonds is 4. The van der Waals surface area contributed by atoms with Crippen LogP contribution in [0, 0.1) is 11.3 Å². The van der Waals surface area contributed by atoms with Crippen molar-refractivity contribution in [3.05, 3.63) is 47.7 Å². The standard InChI is InChI=1S/C16H12N4O2S/c1-18-15(21)10(9-17)8-11-6-7-14(22-11)23-16-19-12-4-2-3-5-13(12)20-16/h2-8H,1H3,(H,18,21)(H,19,20)/b10-8-. The summed E-state index contributed by atoms with van der Waals surface area (Å²) in [6, 6.07) is 13.0. The molecule has 2 heterocycles. The highest BCUT2D eigenvalue weighted by Gasteiger charge is 2.10. The second-order valence-corrected chi connectivity index (χ2v) is 5.56. The Hall–Kier alpha value is -2.98. The molecule has 0 atom stereocenters. The van der Waals surface area contributed by atoms with Crippen LogP contribution in [0.25, 0.3) is 17.1 Å². The number of H-pyrrole nitrogens is 1. The van der Waals surface area contributed by atoms with Gasteiger partial charge in [0.05, 0.1) is 11.0 Å². The van der Waals surface area contributed by atoms with Crippen molar-refractivity contribution in [1.29, 1.82) is 5.26 Å². The number of aromatic amines is 1. The number of aromatic nitrogens is 2. The first kappa shape index (κ1) is 14.9. The van der Waals surface area contributed by atoms with Gasteiger partial charge in [-0.2, -0.15) is 5.26 Å². The van der Waals surface area contributed by atoms with E-state index in [2.05, 4.69) is 15.3 Å². The lowest BCUT2D eigenvalue weighted by Gasteiger charge is -1.95. The summed E-state index contributed by atoms with van der Waals surface area (Å²) < 4.78 is 5.61. The number of nitrogens with one attached hydrogen (secondary N) is 2. The highest BCUT2D eigenvalue weighted by atomic mass is 32.2. The van der Waals surface area contributed by atoms with Crippen molar-refractivity contribution in [2.45, 2.75) is 10.2 Å². The minimum absolute atomic E-state index is 0.0119. The van der Waals surface area contributed by atoms with Crippen LogP contribution in [0.3, 0.4) is 0 Å². The van der Waals surface area contributed by atoms with Gasteiger partial charge in [-0.1, -0.05) is 12.1 Å². The van der Waals surface area contributed by atoms with Crippen LogP contribution in [-0.2, 0) is 4.79 Å². The van der Waals surface area contributed by atoms with E-state index in [0.29, 0.717) is 16.0 Å². The Bertz CT molecular complexity index is 900. The molecule has 0 fully saturated rings. The predicted octanol–water partition coefficient (Wildman–Crippen LogP) is 2.96. The van der Waals surface area contributed by atoms with Gasteiger partial charge in [-0.3, -0.25) is 4.79 Å². The molecule has 23 heavy (non-hydrogen) atoms. The molecule has 0 aliphatic heterocycles. The van der Waals surface area contributed by atoms with Crippen molar-refractivity contribution in [3.63, 3.8) is 0 Å². The molecule has 3 rings (SSSR count). The van der Waals surface area contributed by atoms with Gasteiger partial charge in [-0.25, -0.2) is 4.98 Å². The molecular weight excluding hydrogens is 312 g/mol. The van der Waals surface area contributed by atoms with E-state index in [4.69, 9.17) is 9.68 Å². The lowest BCUT2D eigenvalue weighted by molar-refractivity contribution is -0.116. The van der Waals surface area contributed by atoms with Crippen LogP contribution in [0.5, 0.6) is 0 Å². The highest BCUT2D eigenvalue weighted by Crippen LogP contribution is 2.29. The molecule has 0 aliphatic carbocycles. The average molecular weight is 324 g/mol. The zero-order valence-electron chi connectivity index (χ0n) is 12.2. The molecule has 1 aromatic carbocycles. The summed E-state index contributed by atoms with van der Waals surface area (Å²) in [4.78, 5) is 19.1. The smallest absolute Gasteiger partial charge is 0.261 e. The van der Waals surface area contributed by atoms with Gasteiger partial charge in [-0.15, -0.1) is 0 Å². The zero-order chi connectivity index (χ0) is 16.2. The van der Waals surface area contributed by atoms with E-state index in [1.165, 1.54) is 24.9 Å². The summed E-state index contributed by atoms with van der Waals surface area (Å²) in [5, 5.41) is 12.7. The van der Waals surface area contributed by atoms with Crippen LogP contribution in [-0.4, -0.2) is 22.9 Å². The quantitative estimate of drug-likeness (QED) is 0.568. The van der Waals surface area contributed by atoms with E-state index in [9.17, 15) is 4.79 Å². The monoisotopic (exact) mass is 324 g/mol. The number of nitriles is 1. The normalized spacial score (nSPS) is 11.4. The number of imidazole rings is 1. The minimum atomic E-state index is -0.449. The summed E-state index contributed by atoms with van der Waals surface area (Å²) in [5.74, 6) is -0.0147. The van der Waals surface area contributed by atoms with Crippen molar-refractivity contribution in [2.24, 2.45) is 0 Å². The maximum absolute atomic E-state index is 11.5. The predicted molar refractivity (Wildman–Crippen MR) is 86.6 cm³/mol. The topological polar surface area (TPSA) is 94.7 Å². The van der Waals surface area contributed by atoms with Crippen molar-refractivity contribution in [1.82, 2.24) is 15.3 Å². The first-order valence-electron chi connectivity index (χ1n) is 6.76. The van der Waals surface area contributed by atoms with Gasteiger partial charge in [-0.05, 0) is 36.0 Å². The van der Waals surface area contributed by atoms with Gasteiger partial charge in [0.15, 0.2) is 10.2 Å². The number of amides is 1. The first-order chi connectivity index (χ1) is 11.2. The fourth-order valence-electron chi connectivity index (χ4n) is 1.97. The molecule has 0 saturated heterocycles. The first-order valence-corrected chi connectivity index (χ1v) is 7.57. The van der Waals surface area contributed by atoms with Crippen LogP contribution >= 0.6 is 11.8 Å². The Balaban J connectivity index is 1.80. The number of furan rings is 1. The number of benzene rings is 1. The molecule has 0 spiro atoms. The molecule has 2 aromatic heterocycles. The van der Waals surface area contributed by atoms with Crippen molar-refractivity contribution >= 4 is 34.8 Å². The van der Waals surface area contributed by atoms with Crippen molar-refractivity contribution in [2.75, 3.05) is 7.05 Å². The van der Waals surface area contributed by atoms with E-state index in [0.717, 1.165) is 11.0 Å². The molecule has 114 valence electrons. The van der Waals surface area contributed by atoms with Crippen molar-refractivity contribution < 1.29 is 9.21 Å². The molecule has 0 bridgehead atoms. The summed E-state index contributed by atoms with van der Waals surface area (Å²) in [6.07, 6.45) is 1.40. The Morgan fingerprint density at radius 3 is 2.96 bits per heavy atom. The Labute approximate surface area is 136 Å². The summed E-state index contributed by atoms with van der Waals surface area (Å²) in [7, 11) is 1.47. The maximum Gasteiger partial charge on any atom is 0.261 e. The van der Waals surface area contributed by atoms with Crippen LogP contribution in [0.15, 0.2) is 56.6 Å². The van der Waals surface area contributed by atoms with Gasteiger partial charge in [0, 0.05) is 13.1 Å². The average Bonchev–Trinajstić information content (AvgIpc) is 3.18. The Morgan fingerprint density at radius 2 is 2.22 bits per heavy atom. The molecular formula is C16H12N4O2S. The van der Waals surface area contributed by atoms with Gasteiger partial charge >= 0.3 is 0 Å². The Morgan fingerprint density at radius 1 is 1.39 bits per heavy atom. The third-order valence-electron chi connectivity index (χ3n) is 3.05. The number of para-hydroxylation sites is 2. The molecule has 1 amide bonds. The van der Waals surface area contributed by atoms with Gasteiger partial charge in [0.2, 0.25) is 0 Å². The highest BCUT2D eigenvalue weighted by molar-refractivity contribution is 7.99. The molecule has 3 aromatic rings. The fourth-order valence-corrected chi connectivity index (χ4v) is 2.73. The molecule has 7 heteroatoms. The van der Waals surface area contributed by atoms with Crippen LogP contribution in [0.4, 0.5) is 0 Å². The van der Waals surface area contributed by atoms with Gasteiger partial charge in [0.25, 0.3) is 5.91 Å². The van der Waals surface area contributed by atoms with Crippen molar-refractivity contribution in [3.8, 4) is 6.07 Å². The second kappa shape index (κ2) is 6.42. The zero-order valence-corrected chi connectivity index (χ0v) is 13.0. The lowest BCUT2D eigenvalue weighted by Crippen LogP contribution is -2.18. The number of fused-ring (bicyclic) bond motifs is 1. The number of carbonyl (C=O) groups is 1. The van der Waals surface area contributed by atoms with Crippen LogP contribution < -0.4 is 5.32 Å². The summed E-state index contributed by atoms with van der Waals surface area (Å²) in [5.41, 5.74) is 1.82. The maximum atomic E-state index is 11.5. The SMILES string of the molecule is CNC(=O)/C(C#N)=C\c1ccc(Sc2nc3ccccc3[nH]2)o1. The summed E-state index contributed by atoms with van der Waals surface area (Å²) in [6.45, 7) is 0. The lowest BCUT2D eigenvalue weighted by atomic mass is 10.2. The molecule has 0 aliphatic rings. The molecule has 2 N–H and O–H groups in total. The van der Waals surface area contributed by atoms with E-state index in [1.807, 2.05) is 30.3 Å². The van der Waals surface area contributed by atoms with E-state index in [-0.39, 0.29) is 5.57 Å². The van der Waals surface area contributed by atoms with E-state index >= 15 is 0 Å². The molecule has 0 saturated carbocycles. The number of hydrogen-bond donors (Lipinski definition) is 2. The van der Waals surface area contributed by atoms with E-state index in [1.54, 1.807) is 12.1 Å². The third-order valence-corrected chi connectivity index (χ3v) is 3.85. The number of likely N-dealkylation sites (N-methyl/N-ethyl adjacent to an activating group) is 1. The molecule has 0 radical (unpaired) electrons. The van der Waals surface area contributed by atoms with Gasteiger partial charge in [0.1, 0.15) is 17.4 Å². The summed E-state index contributed by atoms with van der Waals surface area (Å²) >= 11 is 1.34. The molecule has 6 nitrogen and oxygen atoms in total. The largest absolute Gasteiger partial charge is 0.450 e. The number of hydrogen-bond acceptors (Lipinski definition) is 5. The Kier molecular flexibility index (Phi) is 4.17. The third kappa shape index (κ3) is 3.27. The number of nitrogens with zero attached hydrogens (tertiary/aromatic N) is 2. The van der Waals surface area contributed by atoms with Crippen LogP contribution in [0.2, 0.25) is 0 Å². The second-order valence-electron chi connectivity index (χ2n) is 4.57. The van der Waals surface area contributed by atoms with E-state index < -0.39 is 5.91 Å². The molecule has 0 unspecified atom stereocenters. The minimum Gasteiger partial charge on any atom is -0.450 e. The fraction of sp³-hybridized carbons (Fsp3) is 0.0625. The van der Waals surface area contributed by atoms with Crippen LogP contribution in [0.1, 0.15) is 5.76 Å². The van der Waals surface area contributed by atoms with Gasteiger partial charge < -0.3 is 14.7 Å². The number of carbonyl (C=O) groups excluding carboxylic acids is 1.